The summed E-state index contributed by atoms with van der Waals surface area (Å²) in [5, 5.41) is 1.78. The lowest BCUT2D eigenvalue weighted by Gasteiger charge is -2.17. The van der Waals surface area contributed by atoms with Crippen LogP contribution in [0.2, 0.25) is 0 Å². The van der Waals surface area contributed by atoms with Crippen molar-refractivity contribution >= 4 is 21.2 Å². The first-order chi connectivity index (χ1) is 13.0. The number of fused-ring (bicyclic) bond motifs is 3. The normalized spacial score (nSPS) is 23.3. The van der Waals surface area contributed by atoms with Gasteiger partial charge in [0.2, 0.25) is 0 Å². The summed E-state index contributed by atoms with van der Waals surface area (Å²) in [4.78, 5) is 8.34. The minimum atomic E-state index is -3.26. The van der Waals surface area contributed by atoms with E-state index >= 15 is 0 Å². The third kappa shape index (κ3) is 2.74. The van der Waals surface area contributed by atoms with Crippen molar-refractivity contribution in [2.75, 3.05) is 13.1 Å². The van der Waals surface area contributed by atoms with Gasteiger partial charge in [-0.3, -0.25) is 9.88 Å². The number of hydrogen-bond donors (Lipinski definition) is 0. The van der Waals surface area contributed by atoms with Crippen LogP contribution in [0.1, 0.15) is 21.9 Å². The van der Waals surface area contributed by atoms with Gasteiger partial charge in [0.15, 0.2) is 9.84 Å². The Balaban J connectivity index is 1.50. The molecule has 2 atom stereocenters. The zero-order chi connectivity index (χ0) is 18.6. The van der Waals surface area contributed by atoms with Crippen molar-refractivity contribution in [3.8, 4) is 11.1 Å². The monoisotopic (exact) mass is 396 g/mol. The van der Waals surface area contributed by atoms with Gasteiger partial charge in [0.25, 0.3) is 0 Å². The smallest absolute Gasteiger partial charge is 0.183 e. The Kier molecular flexibility index (Phi) is 3.96. The Bertz CT molecular complexity index is 1110. The predicted molar refractivity (Wildman–Crippen MR) is 108 cm³/mol. The minimum absolute atomic E-state index is 0.0573. The molecule has 1 fully saturated rings. The zero-order valence-electron chi connectivity index (χ0n) is 15.0. The Morgan fingerprint density at radius 3 is 2.81 bits per heavy atom. The minimum Gasteiger partial charge on any atom is -0.296 e. The second kappa shape index (κ2) is 6.26. The quantitative estimate of drug-likeness (QED) is 0.674. The van der Waals surface area contributed by atoms with Gasteiger partial charge in [0, 0.05) is 42.8 Å². The number of aromatic nitrogens is 1. The largest absolute Gasteiger partial charge is 0.296 e. The van der Waals surface area contributed by atoms with Gasteiger partial charge in [-0.25, -0.2) is 8.42 Å². The molecule has 2 aliphatic rings. The molecule has 2 aliphatic heterocycles. The molecule has 0 radical (unpaired) electrons. The van der Waals surface area contributed by atoms with E-state index in [1.165, 1.54) is 10.4 Å². The van der Waals surface area contributed by atoms with E-state index in [0.29, 0.717) is 11.4 Å². The Hall–Kier alpha value is -2.02. The van der Waals surface area contributed by atoms with Crippen LogP contribution in [0.25, 0.3) is 11.1 Å². The first-order valence-electron chi connectivity index (χ1n) is 9.07. The zero-order valence-corrected chi connectivity index (χ0v) is 16.6. The van der Waals surface area contributed by atoms with E-state index in [0.717, 1.165) is 29.8 Å². The van der Waals surface area contributed by atoms with E-state index in [2.05, 4.69) is 34.3 Å². The third-order valence-corrected chi connectivity index (χ3v) is 9.05. The van der Waals surface area contributed by atoms with Gasteiger partial charge in [0.05, 0.1) is 10.1 Å². The van der Waals surface area contributed by atoms with Crippen LogP contribution in [0.5, 0.6) is 0 Å². The molecule has 4 nitrogen and oxygen atoms in total. The standard InChI is InChI=1S/C21H20N2O2S2/c1-14-6-8-26-19(14)12-23-11-18-17-9-15(16-3-2-7-22-10-16)4-5-20(17)27(24,25)21(18)13-23/h2-10,18,21H,11-13H2,1H3/t18-,21+/m0/s1. The molecule has 0 unspecified atom stereocenters. The van der Waals surface area contributed by atoms with E-state index < -0.39 is 9.84 Å². The van der Waals surface area contributed by atoms with E-state index in [4.69, 9.17) is 0 Å². The van der Waals surface area contributed by atoms with E-state index in [9.17, 15) is 8.42 Å². The number of nitrogens with zero attached hydrogens (tertiary/aromatic N) is 2. The van der Waals surface area contributed by atoms with Crippen molar-refractivity contribution in [1.29, 1.82) is 0 Å². The lowest BCUT2D eigenvalue weighted by molar-refractivity contribution is 0.328. The number of benzene rings is 1. The molecule has 4 heterocycles. The maximum atomic E-state index is 13.1. The highest BCUT2D eigenvalue weighted by Crippen LogP contribution is 2.46. The topological polar surface area (TPSA) is 50.3 Å². The molecule has 1 saturated heterocycles. The molecule has 5 rings (SSSR count). The summed E-state index contributed by atoms with van der Waals surface area (Å²) in [7, 11) is -3.26. The lowest BCUT2D eigenvalue weighted by Crippen LogP contribution is -2.25. The van der Waals surface area contributed by atoms with Crippen molar-refractivity contribution in [2.45, 2.75) is 29.5 Å². The van der Waals surface area contributed by atoms with E-state index in [-0.39, 0.29) is 11.2 Å². The predicted octanol–water partition coefficient (Wildman–Crippen LogP) is 3.87. The number of sulfone groups is 1. The van der Waals surface area contributed by atoms with Gasteiger partial charge in [-0.15, -0.1) is 11.3 Å². The van der Waals surface area contributed by atoms with Crippen LogP contribution >= 0.6 is 11.3 Å². The van der Waals surface area contributed by atoms with Crippen LogP contribution in [0, 0.1) is 6.92 Å². The van der Waals surface area contributed by atoms with Crippen LogP contribution in [0.3, 0.4) is 0 Å². The van der Waals surface area contributed by atoms with Gasteiger partial charge in [-0.2, -0.15) is 0 Å². The first kappa shape index (κ1) is 17.1. The average molecular weight is 397 g/mol. The summed E-state index contributed by atoms with van der Waals surface area (Å²) >= 11 is 1.75. The van der Waals surface area contributed by atoms with Crippen molar-refractivity contribution in [1.82, 2.24) is 9.88 Å². The number of thiophene rings is 1. The van der Waals surface area contributed by atoms with Crippen LogP contribution < -0.4 is 0 Å². The fourth-order valence-electron chi connectivity index (χ4n) is 4.34. The van der Waals surface area contributed by atoms with Gasteiger partial charge in [-0.1, -0.05) is 12.1 Å². The second-order valence-electron chi connectivity index (χ2n) is 7.41. The Morgan fingerprint density at radius 2 is 2.07 bits per heavy atom. The van der Waals surface area contributed by atoms with Crippen LogP contribution in [-0.2, 0) is 16.4 Å². The summed E-state index contributed by atoms with van der Waals surface area (Å²) in [5.74, 6) is 0.0573. The third-order valence-electron chi connectivity index (χ3n) is 5.79. The number of aryl methyl sites for hydroxylation is 1. The molecule has 3 aromatic rings. The van der Waals surface area contributed by atoms with E-state index in [1.54, 1.807) is 23.6 Å². The maximum absolute atomic E-state index is 13.1. The summed E-state index contributed by atoms with van der Waals surface area (Å²) in [6, 6.07) is 11.8. The number of hydrogen-bond acceptors (Lipinski definition) is 5. The molecular formula is C21H20N2O2S2. The molecule has 138 valence electrons. The van der Waals surface area contributed by atoms with Crippen molar-refractivity contribution < 1.29 is 8.42 Å². The molecule has 0 N–H and O–H groups in total. The molecule has 0 spiro atoms. The van der Waals surface area contributed by atoms with Crippen LogP contribution in [0.4, 0.5) is 0 Å². The highest BCUT2D eigenvalue weighted by Gasteiger charge is 2.50. The second-order valence-corrected chi connectivity index (χ2v) is 10.5. The fraction of sp³-hybridized carbons (Fsp3) is 0.286. The fourth-order valence-corrected chi connectivity index (χ4v) is 7.48. The van der Waals surface area contributed by atoms with Crippen LogP contribution in [-0.4, -0.2) is 36.6 Å². The van der Waals surface area contributed by atoms with Crippen molar-refractivity contribution in [3.05, 3.63) is 70.2 Å². The molecule has 0 saturated carbocycles. The molecule has 6 heteroatoms. The number of pyridine rings is 1. The highest BCUT2D eigenvalue weighted by atomic mass is 32.2. The van der Waals surface area contributed by atoms with Crippen molar-refractivity contribution in [3.63, 3.8) is 0 Å². The van der Waals surface area contributed by atoms with Gasteiger partial charge in [0.1, 0.15) is 0 Å². The molecule has 27 heavy (non-hydrogen) atoms. The van der Waals surface area contributed by atoms with Crippen molar-refractivity contribution in [2.24, 2.45) is 0 Å². The molecular weight excluding hydrogens is 376 g/mol. The summed E-state index contributed by atoms with van der Waals surface area (Å²) in [5.41, 5.74) is 4.32. The summed E-state index contributed by atoms with van der Waals surface area (Å²) in [6.07, 6.45) is 3.57. The van der Waals surface area contributed by atoms with Gasteiger partial charge < -0.3 is 0 Å². The average Bonchev–Trinajstić information content (AvgIpc) is 3.33. The summed E-state index contributed by atoms with van der Waals surface area (Å²) < 4.78 is 26.2. The van der Waals surface area contributed by atoms with Gasteiger partial charge in [-0.05, 0) is 58.8 Å². The van der Waals surface area contributed by atoms with Crippen LogP contribution in [0.15, 0.2) is 59.1 Å². The Labute approximate surface area is 163 Å². The Morgan fingerprint density at radius 1 is 1.19 bits per heavy atom. The highest BCUT2D eigenvalue weighted by molar-refractivity contribution is 7.92. The SMILES string of the molecule is Cc1ccsc1CN1C[C@@H]2[C@@H](C1)c1cc(-c3cccnc3)ccc1S2(=O)=O. The lowest BCUT2D eigenvalue weighted by atomic mass is 9.95. The number of rotatable bonds is 3. The molecule has 1 aromatic carbocycles. The molecule has 0 amide bonds. The first-order valence-corrected chi connectivity index (χ1v) is 11.5. The molecule has 2 aromatic heterocycles. The number of likely N-dealkylation sites (tertiary alicyclic amines) is 1. The molecule has 0 bridgehead atoms. The summed E-state index contributed by atoms with van der Waals surface area (Å²) in [6.45, 7) is 4.37. The molecule has 0 aliphatic carbocycles. The maximum Gasteiger partial charge on any atom is 0.183 e. The van der Waals surface area contributed by atoms with E-state index in [1.807, 2.05) is 24.4 Å². The van der Waals surface area contributed by atoms with Gasteiger partial charge >= 0.3 is 0 Å².